The molecule has 0 spiro atoms. The highest BCUT2D eigenvalue weighted by atomic mass is 16.5. The minimum Gasteiger partial charge on any atom is -0.458 e. The summed E-state index contributed by atoms with van der Waals surface area (Å²) in [4.78, 5) is 71.8. The van der Waals surface area contributed by atoms with E-state index in [0.717, 1.165) is 11.1 Å². The lowest BCUT2D eigenvalue weighted by Gasteiger charge is -2.35. The number of aromatic amines is 1. The Labute approximate surface area is 287 Å². The smallest absolute Gasteiger partial charge is 0.312 e. The van der Waals surface area contributed by atoms with Crippen molar-refractivity contribution in [1.29, 1.82) is 0 Å². The zero-order chi connectivity index (χ0) is 35.9. The maximum atomic E-state index is 13.8. The number of H-pyrrole nitrogens is 1. The largest absolute Gasteiger partial charge is 0.458 e. The summed E-state index contributed by atoms with van der Waals surface area (Å²) >= 11 is 0. The summed E-state index contributed by atoms with van der Waals surface area (Å²) in [6.07, 6.45) is 2.20. The average molecular weight is 676 g/mol. The lowest BCUT2D eigenvalue weighted by atomic mass is 9.98. The van der Waals surface area contributed by atoms with Crippen molar-refractivity contribution in [2.45, 2.75) is 85.2 Å². The summed E-state index contributed by atoms with van der Waals surface area (Å²) in [5.74, 6) is -2.64. The molecular formula is C36H49N7O6. The van der Waals surface area contributed by atoms with Gasteiger partial charge < -0.3 is 25.7 Å². The van der Waals surface area contributed by atoms with Crippen molar-refractivity contribution in [3.8, 4) is 0 Å². The van der Waals surface area contributed by atoms with Crippen LogP contribution in [0.3, 0.4) is 0 Å². The van der Waals surface area contributed by atoms with Gasteiger partial charge in [-0.1, -0.05) is 88.4 Å². The quantitative estimate of drug-likeness (QED) is 0.101. The van der Waals surface area contributed by atoms with Crippen molar-refractivity contribution in [2.75, 3.05) is 6.54 Å². The molecule has 1 heterocycles. The fourth-order valence-electron chi connectivity index (χ4n) is 5.31. The maximum Gasteiger partial charge on any atom is 0.312 e. The van der Waals surface area contributed by atoms with E-state index in [1.54, 1.807) is 11.2 Å². The van der Waals surface area contributed by atoms with Crippen LogP contribution < -0.4 is 21.4 Å². The van der Waals surface area contributed by atoms with E-state index in [9.17, 15) is 24.0 Å². The highest BCUT2D eigenvalue weighted by Crippen LogP contribution is 2.15. The zero-order valence-electron chi connectivity index (χ0n) is 29.1. The Morgan fingerprint density at radius 2 is 1.33 bits per heavy atom. The molecule has 0 aliphatic heterocycles. The van der Waals surface area contributed by atoms with Gasteiger partial charge in [0.2, 0.25) is 17.7 Å². The summed E-state index contributed by atoms with van der Waals surface area (Å²) in [5, 5.41) is 10.1. The van der Waals surface area contributed by atoms with Crippen LogP contribution in [-0.4, -0.2) is 75.3 Å². The number of aromatic nitrogens is 2. The number of nitrogens with zero attached hydrogens (tertiary/aromatic N) is 2. The predicted octanol–water partition coefficient (Wildman–Crippen LogP) is 2.45. The molecule has 0 saturated carbocycles. The number of esters is 1. The van der Waals surface area contributed by atoms with Crippen LogP contribution in [0.25, 0.3) is 0 Å². The molecule has 0 aliphatic carbocycles. The fourth-order valence-corrected chi connectivity index (χ4v) is 5.31. The molecule has 49 heavy (non-hydrogen) atoms. The number of hydrogen-bond acceptors (Lipinski definition) is 8. The first-order valence-electron chi connectivity index (χ1n) is 16.5. The number of nitrogens with one attached hydrogen (secondary N) is 5. The van der Waals surface area contributed by atoms with E-state index in [0.29, 0.717) is 5.69 Å². The molecule has 0 radical (unpaired) electrons. The molecule has 4 amide bonds. The third-order valence-electron chi connectivity index (χ3n) is 7.74. The van der Waals surface area contributed by atoms with Gasteiger partial charge in [0.25, 0.3) is 5.91 Å². The molecule has 3 aromatic rings. The van der Waals surface area contributed by atoms with Gasteiger partial charge in [-0.15, -0.1) is 0 Å². The topological polar surface area (TPSA) is 175 Å². The van der Waals surface area contributed by atoms with Crippen LogP contribution in [0.1, 0.15) is 58.4 Å². The summed E-state index contributed by atoms with van der Waals surface area (Å²) in [5.41, 5.74) is 5.14. The third kappa shape index (κ3) is 13.2. The van der Waals surface area contributed by atoms with E-state index >= 15 is 0 Å². The van der Waals surface area contributed by atoms with E-state index < -0.39 is 42.0 Å². The molecule has 3 rings (SSSR count). The number of carbonyl (C=O) groups is 5. The number of amides is 4. The van der Waals surface area contributed by atoms with Crippen molar-refractivity contribution in [1.82, 2.24) is 36.4 Å². The summed E-state index contributed by atoms with van der Waals surface area (Å²) in [6, 6.07) is 16.4. The number of ether oxygens (including phenoxy) is 1. The van der Waals surface area contributed by atoms with Crippen LogP contribution in [0.5, 0.6) is 0 Å². The Morgan fingerprint density at radius 1 is 0.776 bits per heavy atom. The summed E-state index contributed by atoms with van der Waals surface area (Å²) in [6.45, 7) is 10.2. The number of benzene rings is 2. The van der Waals surface area contributed by atoms with Crippen LogP contribution in [0.2, 0.25) is 0 Å². The fraction of sp³-hybridized carbons (Fsp3) is 0.444. The molecule has 13 heteroatoms. The highest BCUT2D eigenvalue weighted by molar-refractivity contribution is 5.87. The summed E-state index contributed by atoms with van der Waals surface area (Å²) in [7, 11) is 0. The molecule has 2 aromatic carbocycles. The molecule has 13 nitrogen and oxygen atoms in total. The van der Waals surface area contributed by atoms with E-state index in [-0.39, 0.29) is 49.6 Å². The molecule has 0 saturated heterocycles. The molecule has 0 unspecified atom stereocenters. The number of carbonyl (C=O) groups excluding carboxylic acids is 5. The second kappa shape index (κ2) is 19.1. The molecule has 0 aliphatic rings. The molecule has 1 aromatic heterocycles. The highest BCUT2D eigenvalue weighted by Gasteiger charge is 2.34. The monoisotopic (exact) mass is 675 g/mol. The molecule has 4 atom stereocenters. The van der Waals surface area contributed by atoms with Crippen LogP contribution >= 0.6 is 0 Å². The molecule has 264 valence electrons. The first kappa shape index (κ1) is 38.4. The maximum absolute atomic E-state index is 13.8. The second-order valence-electron chi connectivity index (χ2n) is 12.8. The van der Waals surface area contributed by atoms with E-state index in [1.165, 1.54) is 20.2 Å². The van der Waals surface area contributed by atoms with Gasteiger partial charge in [0.1, 0.15) is 18.2 Å². The van der Waals surface area contributed by atoms with Crippen LogP contribution in [-0.2, 0) is 48.1 Å². The molecule has 5 N–H and O–H groups in total. The van der Waals surface area contributed by atoms with E-state index in [2.05, 4.69) is 31.3 Å². The van der Waals surface area contributed by atoms with Crippen LogP contribution in [0, 0.1) is 11.8 Å². The first-order valence-corrected chi connectivity index (χ1v) is 16.5. The molecule has 0 fully saturated rings. The van der Waals surface area contributed by atoms with Crippen molar-refractivity contribution in [2.24, 2.45) is 11.8 Å². The van der Waals surface area contributed by atoms with Gasteiger partial charge in [0, 0.05) is 26.6 Å². The number of rotatable bonds is 18. The minimum absolute atomic E-state index is 0.0396. The lowest BCUT2D eigenvalue weighted by Crippen LogP contribution is -2.59. The van der Waals surface area contributed by atoms with Gasteiger partial charge >= 0.3 is 5.97 Å². The average Bonchev–Trinajstić information content (AvgIpc) is 3.55. The minimum atomic E-state index is -0.997. The Kier molecular flexibility index (Phi) is 15.0. The van der Waals surface area contributed by atoms with Gasteiger partial charge in [0.15, 0.2) is 0 Å². The lowest BCUT2D eigenvalue weighted by molar-refractivity contribution is -0.153. The Morgan fingerprint density at radius 3 is 1.84 bits per heavy atom. The van der Waals surface area contributed by atoms with Crippen molar-refractivity contribution in [3.05, 3.63) is 90.0 Å². The predicted molar refractivity (Wildman–Crippen MR) is 184 cm³/mol. The van der Waals surface area contributed by atoms with Gasteiger partial charge in [-0.2, -0.15) is 0 Å². The first-order chi connectivity index (χ1) is 23.3. The Bertz CT molecular complexity index is 1500. The Hall–Kier alpha value is -5.04. The standard InChI is InChI=1S/C36H49N7O6/c1-23(2)33(39-25(5)44)35(47)41-30(17-27-13-9-7-10-14-27)31(49-32(46)18-29-19-37-22-38-29)21-43(20-28-15-11-8-12-16-28)42-36(48)34(24(3)4)40-26(6)45/h7-16,19,22-24,30-31,33-34H,17-18,20-21H2,1-6H3,(H,37,38)(H,39,44)(H,40,45)(H,41,47)(H,42,48)/t30-,31-,33-,34-/m0/s1. The van der Waals surface area contributed by atoms with E-state index in [4.69, 9.17) is 4.74 Å². The summed E-state index contributed by atoms with van der Waals surface area (Å²) < 4.78 is 6.15. The molecule has 0 bridgehead atoms. The third-order valence-corrected chi connectivity index (χ3v) is 7.74. The SMILES string of the molecule is CC(=O)N[C@H](C(=O)N[C@@H](Cc1ccccc1)[C@H](CN(Cc1ccccc1)NC(=O)[C@@H](NC(C)=O)C(C)C)OC(=O)Cc1c[nH]cn1)C(C)C. The van der Waals surface area contributed by atoms with Crippen molar-refractivity contribution >= 4 is 29.6 Å². The van der Waals surface area contributed by atoms with Gasteiger partial charge in [-0.05, 0) is 29.4 Å². The van der Waals surface area contributed by atoms with Crippen molar-refractivity contribution in [3.63, 3.8) is 0 Å². The van der Waals surface area contributed by atoms with Crippen LogP contribution in [0.15, 0.2) is 73.2 Å². The molecular weight excluding hydrogens is 626 g/mol. The van der Waals surface area contributed by atoms with Gasteiger partial charge in [0.05, 0.1) is 31.0 Å². The number of hydrogen-bond donors (Lipinski definition) is 5. The van der Waals surface area contributed by atoms with Gasteiger partial charge in [-0.3, -0.25) is 29.4 Å². The van der Waals surface area contributed by atoms with E-state index in [1.807, 2.05) is 88.4 Å². The number of imidazole rings is 1. The Balaban J connectivity index is 2.05. The second-order valence-corrected chi connectivity index (χ2v) is 12.8. The van der Waals surface area contributed by atoms with Gasteiger partial charge in [-0.25, -0.2) is 9.99 Å². The zero-order valence-corrected chi connectivity index (χ0v) is 29.1. The van der Waals surface area contributed by atoms with Crippen LogP contribution in [0.4, 0.5) is 0 Å². The number of hydrazine groups is 1. The van der Waals surface area contributed by atoms with Crippen molar-refractivity contribution < 1.29 is 28.7 Å². The normalized spacial score (nSPS) is 13.7.